The van der Waals surface area contributed by atoms with E-state index < -0.39 is 0 Å². The van der Waals surface area contributed by atoms with Gasteiger partial charge in [-0.15, -0.1) is 0 Å². The molecule has 4 heteroatoms. The van der Waals surface area contributed by atoms with Crippen LogP contribution in [-0.4, -0.2) is 29.0 Å². The van der Waals surface area contributed by atoms with E-state index in [1.165, 1.54) is 0 Å². The van der Waals surface area contributed by atoms with Gasteiger partial charge < -0.3 is 10.1 Å². The van der Waals surface area contributed by atoms with Gasteiger partial charge in [-0.25, -0.2) is 0 Å². The summed E-state index contributed by atoms with van der Waals surface area (Å²) in [7, 11) is 0. The first-order chi connectivity index (χ1) is 9.17. The van der Waals surface area contributed by atoms with E-state index in [4.69, 9.17) is 4.74 Å². The number of nitrogens with zero attached hydrogens (tertiary/aromatic N) is 2. The molecular formula is C15H29N3O. The van der Waals surface area contributed by atoms with Crippen molar-refractivity contribution in [1.29, 1.82) is 0 Å². The lowest BCUT2D eigenvalue weighted by Crippen LogP contribution is -2.24. The summed E-state index contributed by atoms with van der Waals surface area (Å²) in [5.74, 6) is 0. The molecule has 1 aromatic rings. The fraction of sp³-hybridized carbons (Fsp3) is 0.800. The number of rotatable bonds is 10. The molecule has 0 atom stereocenters. The smallest absolute Gasteiger partial charge is 0.0906 e. The Labute approximate surface area is 117 Å². The highest BCUT2D eigenvalue weighted by Crippen LogP contribution is 2.14. The summed E-state index contributed by atoms with van der Waals surface area (Å²) >= 11 is 0. The minimum Gasteiger partial charge on any atom is -0.375 e. The second-order valence-corrected chi connectivity index (χ2v) is 5.27. The van der Waals surface area contributed by atoms with E-state index in [1.54, 1.807) is 0 Å². The van der Waals surface area contributed by atoms with Crippen molar-refractivity contribution in [3.63, 3.8) is 0 Å². The summed E-state index contributed by atoms with van der Waals surface area (Å²) in [6.45, 7) is 11.1. The lowest BCUT2D eigenvalue weighted by atomic mass is 10.2. The average molecular weight is 267 g/mol. The predicted molar refractivity (Wildman–Crippen MR) is 79.3 cm³/mol. The molecule has 0 unspecified atom stereocenters. The van der Waals surface area contributed by atoms with Gasteiger partial charge in [-0.1, -0.05) is 27.7 Å². The molecular weight excluding hydrogens is 238 g/mol. The first-order valence-electron chi connectivity index (χ1n) is 7.52. The molecule has 1 rings (SSSR count). The van der Waals surface area contributed by atoms with Crippen molar-refractivity contribution in [3.05, 3.63) is 18.0 Å². The largest absolute Gasteiger partial charge is 0.375 e. The van der Waals surface area contributed by atoms with Crippen molar-refractivity contribution in [2.75, 3.05) is 13.2 Å². The van der Waals surface area contributed by atoms with Crippen molar-refractivity contribution in [3.8, 4) is 0 Å². The molecule has 0 radical (unpaired) electrons. The lowest BCUT2D eigenvalue weighted by molar-refractivity contribution is 0.115. The lowest BCUT2D eigenvalue weighted by Gasteiger charge is -2.12. The predicted octanol–water partition coefficient (Wildman–Crippen LogP) is 3.15. The Bertz CT molecular complexity index is 332. The van der Waals surface area contributed by atoms with E-state index in [9.17, 15) is 0 Å². The molecule has 1 heterocycles. The monoisotopic (exact) mass is 267 g/mol. The van der Waals surface area contributed by atoms with Gasteiger partial charge in [-0.3, -0.25) is 4.68 Å². The van der Waals surface area contributed by atoms with Gasteiger partial charge in [-0.05, 0) is 31.9 Å². The molecule has 0 fully saturated rings. The van der Waals surface area contributed by atoms with Crippen molar-refractivity contribution in [2.24, 2.45) is 0 Å². The summed E-state index contributed by atoms with van der Waals surface area (Å²) in [5.41, 5.74) is 1.03. The van der Waals surface area contributed by atoms with E-state index in [2.05, 4.69) is 55.1 Å². The zero-order valence-electron chi connectivity index (χ0n) is 12.9. The third-order valence-electron chi connectivity index (χ3n) is 3.25. The van der Waals surface area contributed by atoms with Gasteiger partial charge in [0.05, 0.1) is 18.3 Å². The van der Waals surface area contributed by atoms with Crippen molar-refractivity contribution < 1.29 is 4.74 Å². The first kappa shape index (κ1) is 16.2. The molecule has 0 saturated heterocycles. The maximum Gasteiger partial charge on any atom is 0.0906 e. The standard InChI is InChI=1S/C15H29N3O/c1-5-15(6-2)18-10-8-14(17-18)12-19-11-7-9-16-13(3)4/h8,10,13,15-16H,5-7,9,11-12H2,1-4H3. The molecule has 19 heavy (non-hydrogen) atoms. The molecule has 4 nitrogen and oxygen atoms in total. The van der Waals surface area contributed by atoms with Gasteiger partial charge >= 0.3 is 0 Å². The van der Waals surface area contributed by atoms with E-state index >= 15 is 0 Å². The zero-order valence-corrected chi connectivity index (χ0v) is 12.9. The number of aromatic nitrogens is 2. The Morgan fingerprint density at radius 3 is 2.68 bits per heavy atom. The van der Waals surface area contributed by atoms with E-state index in [0.717, 1.165) is 38.1 Å². The second kappa shape index (κ2) is 9.10. The summed E-state index contributed by atoms with van der Waals surface area (Å²) in [6.07, 6.45) is 5.36. The average Bonchev–Trinajstić information content (AvgIpc) is 2.83. The molecule has 0 aromatic carbocycles. The van der Waals surface area contributed by atoms with Crippen molar-refractivity contribution >= 4 is 0 Å². The van der Waals surface area contributed by atoms with Crippen molar-refractivity contribution in [2.45, 2.75) is 65.6 Å². The molecule has 110 valence electrons. The molecule has 0 aliphatic rings. The Balaban J connectivity index is 2.19. The highest BCUT2D eigenvalue weighted by molar-refractivity contribution is 4.98. The van der Waals surface area contributed by atoms with Crippen LogP contribution in [0.3, 0.4) is 0 Å². The third kappa shape index (κ3) is 6.21. The van der Waals surface area contributed by atoms with Crippen LogP contribution in [0, 0.1) is 0 Å². The molecule has 1 N–H and O–H groups in total. The molecule has 0 saturated carbocycles. The third-order valence-corrected chi connectivity index (χ3v) is 3.25. The Morgan fingerprint density at radius 2 is 2.05 bits per heavy atom. The van der Waals surface area contributed by atoms with Crippen LogP contribution in [0.4, 0.5) is 0 Å². The van der Waals surface area contributed by atoms with Gasteiger partial charge in [0.1, 0.15) is 0 Å². The van der Waals surface area contributed by atoms with Gasteiger partial charge in [0.25, 0.3) is 0 Å². The van der Waals surface area contributed by atoms with Crippen LogP contribution in [0.5, 0.6) is 0 Å². The van der Waals surface area contributed by atoms with Crippen LogP contribution >= 0.6 is 0 Å². The van der Waals surface area contributed by atoms with Crippen LogP contribution in [0.15, 0.2) is 12.3 Å². The maximum atomic E-state index is 5.65. The topological polar surface area (TPSA) is 39.1 Å². The van der Waals surface area contributed by atoms with Gasteiger partial charge in [0, 0.05) is 18.8 Å². The molecule has 0 aliphatic carbocycles. The zero-order chi connectivity index (χ0) is 14.1. The maximum absolute atomic E-state index is 5.65. The number of hydrogen-bond donors (Lipinski definition) is 1. The summed E-state index contributed by atoms with van der Waals surface area (Å²) < 4.78 is 7.71. The van der Waals surface area contributed by atoms with Crippen LogP contribution in [0.25, 0.3) is 0 Å². The molecule has 1 aromatic heterocycles. The Hall–Kier alpha value is -0.870. The number of ether oxygens (including phenoxy) is 1. The quantitative estimate of drug-likeness (QED) is 0.662. The van der Waals surface area contributed by atoms with Crippen LogP contribution in [0.2, 0.25) is 0 Å². The van der Waals surface area contributed by atoms with Crippen LogP contribution in [-0.2, 0) is 11.3 Å². The SMILES string of the molecule is CCC(CC)n1ccc(COCCCNC(C)C)n1. The summed E-state index contributed by atoms with van der Waals surface area (Å²) in [4.78, 5) is 0. The van der Waals surface area contributed by atoms with E-state index in [0.29, 0.717) is 18.7 Å². The molecule has 0 bridgehead atoms. The van der Waals surface area contributed by atoms with E-state index in [-0.39, 0.29) is 0 Å². The van der Waals surface area contributed by atoms with Crippen molar-refractivity contribution in [1.82, 2.24) is 15.1 Å². The van der Waals surface area contributed by atoms with E-state index in [1.807, 2.05) is 0 Å². The first-order valence-corrected chi connectivity index (χ1v) is 7.52. The number of nitrogens with one attached hydrogen (secondary N) is 1. The Kier molecular flexibility index (Phi) is 7.75. The Morgan fingerprint density at radius 1 is 1.32 bits per heavy atom. The van der Waals surface area contributed by atoms with Crippen LogP contribution in [0.1, 0.15) is 58.7 Å². The van der Waals surface area contributed by atoms with Gasteiger partial charge in [0.2, 0.25) is 0 Å². The highest BCUT2D eigenvalue weighted by atomic mass is 16.5. The summed E-state index contributed by atoms with van der Waals surface area (Å²) in [6, 6.07) is 3.13. The van der Waals surface area contributed by atoms with Gasteiger partial charge in [-0.2, -0.15) is 5.10 Å². The minimum atomic E-state index is 0.518. The van der Waals surface area contributed by atoms with Gasteiger partial charge in [0.15, 0.2) is 0 Å². The molecule has 0 spiro atoms. The highest BCUT2D eigenvalue weighted by Gasteiger charge is 2.07. The minimum absolute atomic E-state index is 0.518. The fourth-order valence-corrected chi connectivity index (χ4v) is 2.06. The normalized spacial score (nSPS) is 11.7. The summed E-state index contributed by atoms with van der Waals surface area (Å²) in [5, 5.41) is 7.95. The number of hydrogen-bond acceptors (Lipinski definition) is 3. The molecule has 0 aliphatic heterocycles. The fourth-order valence-electron chi connectivity index (χ4n) is 2.06. The van der Waals surface area contributed by atoms with Crippen LogP contribution < -0.4 is 5.32 Å². The second-order valence-electron chi connectivity index (χ2n) is 5.27. The molecule has 0 amide bonds.